The quantitative estimate of drug-likeness (QED) is 0.856. The fraction of sp³-hybridized carbons (Fsp3) is 0.438. The highest BCUT2D eigenvalue weighted by molar-refractivity contribution is 6.22. The van der Waals surface area contributed by atoms with Crippen molar-refractivity contribution in [3.63, 3.8) is 0 Å². The molecule has 1 atom stereocenters. The molecule has 0 saturated carbocycles. The number of hydrogen-bond acceptors (Lipinski definition) is 4. The molecule has 0 aromatic heterocycles. The Morgan fingerprint density at radius 3 is 2.27 bits per heavy atom. The van der Waals surface area contributed by atoms with Gasteiger partial charge in [0.05, 0.1) is 23.7 Å². The molecule has 2 saturated heterocycles. The summed E-state index contributed by atoms with van der Waals surface area (Å²) in [6.07, 6.45) is 3.50. The van der Waals surface area contributed by atoms with Crippen LogP contribution in [0.25, 0.3) is 0 Å². The molecule has 1 aromatic carbocycles. The molecule has 3 rings (SSSR count). The summed E-state index contributed by atoms with van der Waals surface area (Å²) < 4.78 is 0. The highest BCUT2D eigenvalue weighted by Crippen LogP contribution is 2.27. The Morgan fingerprint density at radius 2 is 1.68 bits per heavy atom. The van der Waals surface area contributed by atoms with Crippen molar-refractivity contribution in [1.82, 2.24) is 4.90 Å². The number of imide groups is 1. The minimum absolute atomic E-state index is 0.135. The van der Waals surface area contributed by atoms with Gasteiger partial charge in [0.15, 0.2) is 0 Å². The summed E-state index contributed by atoms with van der Waals surface area (Å²) in [6.45, 7) is 1.71. The first-order chi connectivity index (χ1) is 10.6. The van der Waals surface area contributed by atoms with E-state index in [-0.39, 0.29) is 29.8 Å². The van der Waals surface area contributed by atoms with Crippen LogP contribution in [0.1, 0.15) is 36.0 Å². The van der Waals surface area contributed by atoms with Crippen molar-refractivity contribution in [3.8, 4) is 0 Å². The molecule has 0 bridgehead atoms. The van der Waals surface area contributed by atoms with Gasteiger partial charge in [0.2, 0.25) is 5.91 Å². The Kier molecular flexibility index (Phi) is 3.94. The third kappa shape index (κ3) is 2.62. The number of rotatable bonds is 3. The van der Waals surface area contributed by atoms with Crippen molar-refractivity contribution in [3.05, 3.63) is 29.8 Å². The van der Waals surface area contributed by atoms with Crippen LogP contribution in [0, 0.1) is 0 Å². The second kappa shape index (κ2) is 5.88. The van der Waals surface area contributed by atoms with E-state index in [9.17, 15) is 14.4 Å². The number of amides is 2. The van der Waals surface area contributed by atoms with Crippen LogP contribution in [0.5, 0.6) is 0 Å². The van der Waals surface area contributed by atoms with Crippen LogP contribution in [-0.2, 0) is 9.59 Å². The van der Waals surface area contributed by atoms with Gasteiger partial charge in [0.25, 0.3) is 5.91 Å². The molecule has 2 fully saturated rings. The van der Waals surface area contributed by atoms with Gasteiger partial charge in [0.1, 0.15) is 0 Å². The lowest BCUT2D eigenvalue weighted by Gasteiger charge is -2.30. The van der Waals surface area contributed by atoms with Crippen molar-refractivity contribution in [2.75, 3.05) is 18.0 Å². The van der Waals surface area contributed by atoms with Gasteiger partial charge in [-0.05, 0) is 50.2 Å². The number of hydrogen-bond donors (Lipinski definition) is 1. The molecule has 6 nitrogen and oxygen atoms in total. The minimum atomic E-state index is -1.03. The molecule has 1 N–H and O–H groups in total. The van der Waals surface area contributed by atoms with Crippen molar-refractivity contribution < 1.29 is 19.5 Å². The summed E-state index contributed by atoms with van der Waals surface area (Å²) in [6, 6.07) is 5.47. The monoisotopic (exact) mass is 302 g/mol. The van der Waals surface area contributed by atoms with Crippen LogP contribution in [0.2, 0.25) is 0 Å². The van der Waals surface area contributed by atoms with E-state index in [4.69, 9.17) is 5.11 Å². The minimum Gasteiger partial charge on any atom is -0.478 e. The molecular weight excluding hydrogens is 284 g/mol. The topological polar surface area (TPSA) is 77.9 Å². The first-order valence-corrected chi connectivity index (χ1v) is 7.52. The summed E-state index contributed by atoms with van der Waals surface area (Å²) in [5.41, 5.74) is 0.579. The highest BCUT2D eigenvalue weighted by Gasteiger charge is 2.42. The first-order valence-electron chi connectivity index (χ1n) is 7.52. The maximum absolute atomic E-state index is 12.6. The zero-order chi connectivity index (χ0) is 15.7. The maximum Gasteiger partial charge on any atom is 0.335 e. The van der Waals surface area contributed by atoms with Gasteiger partial charge in [-0.15, -0.1) is 0 Å². The average molecular weight is 302 g/mol. The Balaban J connectivity index is 1.80. The third-order valence-electron chi connectivity index (χ3n) is 4.33. The van der Waals surface area contributed by atoms with Crippen LogP contribution >= 0.6 is 0 Å². The highest BCUT2D eigenvalue weighted by atomic mass is 16.4. The Bertz CT molecular complexity index is 605. The van der Waals surface area contributed by atoms with E-state index >= 15 is 0 Å². The molecule has 1 aromatic rings. The van der Waals surface area contributed by atoms with Gasteiger partial charge < -0.3 is 5.11 Å². The van der Waals surface area contributed by atoms with Gasteiger partial charge in [-0.25, -0.2) is 9.69 Å². The molecule has 2 heterocycles. The number of carboxylic acid groups (broad SMARTS) is 1. The summed E-state index contributed by atoms with van der Waals surface area (Å²) in [5.74, 6) is -1.45. The molecule has 0 unspecified atom stereocenters. The maximum atomic E-state index is 12.6. The van der Waals surface area contributed by atoms with Crippen LogP contribution in [0.15, 0.2) is 24.3 Å². The molecule has 2 amide bonds. The summed E-state index contributed by atoms with van der Waals surface area (Å²) in [5, 5.41) is 8.90. The Morgan fingerprint density at radius 1 is 1.05 bits per heavy atom. The smallest absolute Gasteiger partial charge is 0.335 e. The van der Waals surface area contributed by atoms with Gasteiger partial charge in [-0.1, -0.05) is 6.42 Å². The van der Waals surface area contributed by atoms with Crippen molar-refractivity contribution in [2.24, 2.45) is 0 Å². The molecule has 116 valence electrons. The Labute approximate surface area is 128 Å². The first kappa shape index (κ1) is 14.7. The largest absolute Gasteiger partial charge is 0.478 e. The molecule has 0 spiro atoms. The van der Waals surface area contributed by atoms with Crippen LogP contribution < -0.4 is 4.90 Å². The number of benzene rings is 1. The van der Waals surface area contributed by atoms with Gasteiger partial charge >= 0.3 is 5.97 Å². The van der Waals surface area contributed by atoms with E-state index in [0.717, 1.165) is 25.9 Å². The van der Waals surface area contributed by atoms with Gasteiger partial charge in [-0.2, -0.15) is 0 Å². The second-order valence-corrected chi connectivity index (χ2v) is 5.74. The predicted octanol–water partition coefficient (Wildman–Crippen LogP) is 1.50. The second-order valence-electron chi connectivity index (χ2n) is 5.74. The molecule has 2 aliphatic rings. The van der Waals surface area contributed by atoms with Crippen LogP contribution in [0.4, 0.5) is 5.69 Å². The zero-order valence-corrected chi connectivity index (χ0v) is 12.2. The summed E-state index contributed by atoms with van der Waals surface area (Å²) in [4.78, 5) is 38.9. The molecular formula is C16H18N2O4. The van der Waals surface area contributed by atoms with Crippen molar-refractivity contribution >= 4 is 23.5 Å². The number of anilines is 1. The van der Waals surface area contributed by atoms with E-state index in [1.54, 1.807) is 0 Å². The number of nitrogens with zero attached hydrogens (tertiary/aromatic N) is 2. The van der Waals surface area contributed by atoms with E-state index in [2.05, 4.69) is 4.90 Å². The van der Waals surface area contributed by atoms with E-state index in [1.807, 2.05) is 0 Å². The standard InChI is InChI=1S/C16H18N2O4/c19-14-10-13(17-8-2-1-3-9-17)15(20)18(14)12-6-4-11(5-7-12)16(21)22/h4-7,13H,1-3,8-10H2,(H,21,22)/t13-/m0/s1. The number of carboxylic acids is 1. The number of carbonyl (C=O) groups is 3. The van der Waals surface area contributed by atoms with Crippen LogP contribution in [0.3, 0.4) is 0 Å². The zero-order valence-electron chi connectivity index (χ0n) is 12.2. The number of aromatic carboxylic acids is 1. The van der Waals surface area contributed by atoms with Crippen molar-refractivity contribution in [2.45, 2.75) is 31.7 Å². The van der Waals surface area contributed by atoms with E-state index < -0.39 is 5.97 Å². The van der Waals surface area contributed by atoms with E-state index in [0.29, 0.717) is 5.69 Å². The fourth-order valence-corrected chi connectivity index (χ4v) is 3.16. The number of piperidine rings is 1. The summed E-state index contributed by atoms with van der Waals surface area (Å²) >= 11 is 0. The van der Waals surface area contributed by atoms with Crippen LogP contribution in [-0.4, -0.2) is 46.9 Å². The van der Waals surface area contributed by atoms with Crippen molar-refractivity contribution in [1.29, 1.82) is 0 Å². The lowest BCUT2D eigenvalue weighted by atomic mass is 10.1. The summed E-state index contributed by atoms with van der Waals surface area (Å²) in [7, 11) is 0. The predicted molar refractivity (Wildman–Crippen MR) is 79.7 cm³/mol. The molecule has 0 aliphatic carbocycles. The normalized spacial score (nSPS) is 23.1. The molecule has 0 radical (unpaired) electrons. The third-order valence-corrected chi connectivity index (χ3v) is 4.33. The lowest BCUT2D eigenvalue weighted by molar-refractivity contribution is -0.123. The van der Waals surface area contributed by atoms with Gasteiger partial charge in [-0.3, -0.25) is 14.5 Å². The number of carbonyl (C=O) groups excluding carboxylic acids is 2. The average Bonchev–Trinajstić information content (AvgIpc) is 2.83. The molecule has 22 heavy (non-hydrogen) atoms. The number of likely N-dealkylation sites (tertiary alicyclic amines) is 1. The molecule has 2 aliphatic heterocycles. The SMILES string of the molecule is O=C(O)c1ccc(N2C(=O)C[C@H](N3CCCCC3)C2=O)cc1. The molecule has 6 heteroatoms. The van der Waals surface area contributed by atoms with Gasteiger partial charge in [0, 0.05) is 0 Å². The Hall–Kier alpha value is -2.21. The lowest BCUT2D eigenvalue weighted by Crippen LogP contribution is -2.44. The fourth-order valence-electron chi connectivity index (χ4n) is 3.16. The van der Waals surface area contributed by atoms with E-state index in [1.165, 1.54) is 35.6 Å².